The molecule has 0 amide bonds. The van der Waals surface area contributed by atoms with E-state index < -0.39 is 11.7 Å². The summed E-state index contributed by atoms with van der Waals surface area (Å²) in [6.07, 6.45) is -1.15. The lowest BCUT2D eigenvalue weighted by Gasteiger charge is -2.23. The normalized spacial score (nSPS) is 12.6. The number of halogens is 4. The van der Waals surface area contributed by atoms with Crippen LogP contribution in [0.2, 0.25) is 0 Å². The van der Waals surface area contributed by atoms with Crippen LogP contribution in [0.15, 0.2) is 16.7 Å². The van der Waals surface area contributed by atoms with Crippen LogP contribution in [0.4, 0.5) is 19.0 Å². The molecule has 1 rings (SSSR count). The second-order valence-corrected chi connectivity index (χ2v) is 6.79. The third-order valence-electron chi connectivity index (χ3n) is 2.39. The summed E-state index contributed by atoms with van der Waals surface area (Å²) in [5, 5.41) is 2.77. The maximum atomic E-state index is 12.8. The second-order valence-electron chi connectivity index (χ2n) is 4.36. The van der Waals surface area contributed by atoms with Crippen LogP contribution in [0.1, 0.15) is 19.4 Å². The van der Waals surface area contributed by atoms with Crippen LogP contribution in [0, 0.1) is 0 Å². The Labute approximate surface area is 117 Å². The van der Waals surface area contributed by atoms with Gasteiger partial charge >= 0.3 is 6.18 Å². The Morgan fingerprint density at radius 1 is 1.39 bits per heavy atom. The molecule has 0 unspecified atom stereocenters. The number of alkyl halides is 3. The molecule has 0 saturated heterocycles. The maximum Gasteiger partial charge on any atom is 0.419 e. The molecule has 0 spiro atoms. The molecule has 0 radical (unpaired) electrons. The lowest BCUT2D eigenvalue weighted by Crippen LogP contribution is -2.27. The van der Waals surface area contributed by atoms with Gasteiger partial charge in [-0.2, -0.15) is 24.9 Å². The van der Waals surface area contributed by atoms with Gasteiger partial charge in [-0.3, -0.25) is 0 Å². The van der Waals surface area contributed by atoms with E-state index in [2.05, 4.69) is 26.2 Å². The molecule has 1 aromatic heterocycles. The van der Waals surface area contributed by atoms with Crippen LogP contribution in [0.5, 0.6) is 0 Å². The van der Waals surface area contributed by atoms with Crippen molar-refractivity contribution in [2.45, 2.75) is 24.8 Å². The van der Waals surface area contributed by atoms with Crippen LogP contribution in [0.25, 0.3) is 0 Å². The first-order valence-electron chi connectivity index (χ1n) is 5.17. The summed E-state index contributed by atoms with van der Waals surface area (Å²) in [5.41, 5.74) is -0.756. The molecule has 2 nitrogen and oxygen atoms in total. The van der Waals surface area contributed by atoms with E-state index in [0.717, 1.165) is 6.07 Å². The van der Waals surface area contributed by atoms with Gasteiger partial charge in [0.05, 0.1) is 5.56 Å². The minimum Gasteiger partial charge on any atom is -0.368 e. The largest absolute Gasteiger partial charge is 0.419 e. The molecular formula is C11H14BrF3N2S. The SMILES string of the molecule is CSC(C)(C)CNc1ncc(Br)cc1C(F)(F)F. The first kappa shape index (κ1) is 15.6. The standard InChI is InChI=1S/C11H14BrF3N2S/c1-10(2,18-3)6-17-9-8(11(13,14)15)4-7(12)5-16-9/h4-5H,6H2,1-3H3,(H,16,17). The Bertz CT molecular complexity index is 421. The van der Waals surface area contributed by atoms with Crippen molar-refractivity contribution in [3.8, 4) is 0 Å². The number of anilines is 1. The lowest BCUT2D eigenvalue weighted by atomic mass is 10.2. The Morgan fingerprint density at radius 3 is 2.50 bits per heavy atom. The van der Waals surface area contributed by atoms with Crippen molar-refractivity contribution in [1.82, 2.24) is 4.98 Å². The van der Waals surface area contributed by atoms with Crippen LogP contribution >= 0.6 is 27.7 Å². The van der Waals surface area contributed by atoms with E-state index in [1.54, 1.807) is 11.8 Å². The number of hydrogen-bond donors (Lipinski definition) is 1. The van der Waals surface area contributed by atoms with E-state index in [1.807, 2.05) is 20.1 Å². The number of thioether (sulfide) groups is 1. The number of rotatable bonds is 4. The lowest BCUT2D eigenvalue weighted by molar-refractivity contribution is -0.137. The minimum absolute atomic E-state index is 0.132. The summed E-state index contributed by atoms with van der Waals surface area (Å²) >= 11 is 4.58. The zero-order chi connectivity index (χ0) is 14.0. The van der Waals surface area contributed by atoms with Crippen molar-refractivity contribution in [3.63, 3.8) is 0 Å². The topological polar surface area (TPSA) is 24.9 Å². The van der Waals surface area contributed by atoms with Gasteiger partial charge < -0.3 is 5.32 Å². The van der Waals surface area contributed by atoms with Gasteiger partial charge in [0.15, 0.2) is 0 Å². The monoisotopic (exact) mass is 342 g/mol. The van der Waals surface area contributed by atoms with Crippen molar-refractivity contribution in [1.29, 1.82) is 0 Å². The summed E-state index contributed by atoms with van der Waals surface area (Å²) in [4.78, 5) is 3.79. The zero-order valence-corrected chi connectivity index (χ0v) is 12.6. The van der Waals surface area contributed by atoms with E-state index in [-0.39, 0.29) is 10.6 Å². The summed E-state index contributed by atoms with van der Waals surface area (Å²) < 4.78 is 38.6. The highest BCUT2D eigenvalue weighted by atomic mass is 79.9. The van der Waals surface area contributed by atoms with Gasteiger partial charge in [0, 0.05) is 22.0 Å². The van der Waals surface area contributed by atoms with Crippen molar-refractivity contribution < 1.29 is 13.2 Å². The highest BCUT2D eigenvalue weighted by Crippen LogP contribution is 2.35. The molecule has 0 saturated carbocycles. The van der Waals surface area contributed by atoms with E-state index in [1.165, 1.54) is 6.20 Å². The average molecular weight is 343 g/mol. The average Bonchev–Trinajstić information content (AvgIpc) is 2.26. The van der Waals surface area contributed by atoms with Gasteiger partial charge in [0.25, 0.3) is 0 Å². The molecule has 0 atom stereocenters. The fraction of sp³-hybridized carbons (Fsp3) is 0.545. The molecule has 0 fully saturated rings. The molecule has 0 aliphatic heterocycles. The first-order valence-corrected chi connectivity index (χ1v) is 7.19. The Morgan fingerprint density at radius 2 is 2.00 bits per heavy atom. The Hall–Kier alpha value is -0.430. The van der Waals surface area contributed by atoms with E-state index in [9.17, 15) is 13.2 Å². The number of pyridine rings is 1. The van der Waals surface area contributed by atoms with Gasteiger partial charge in [-0.05, 0) is 42.1 Å². The molecule has 0 aliphatic carbocycles. The number of nitrogens with zero attached hydrogens (tertiary/aromatic N) is 1. The van der Waals surface area contributed by atoms with Crippen molar-refractivity contribution in [2.24, 2.45) is 0 Å². The van der Waals surface area contributed by atoms with Crippen molar-refractivity contribution in [2.75, 3.05) is 18.1 Å². The maximum absolute atomic E-state index is 12.8. The minimum atomic E-state index is -4.41. The first-order chi connectivity index (χ1) is 8.15. The van der Waals surface area contributed by atoms with Crippen molar-refractivity contribution in [3.05, 3.63) is 22.3 Å². The smallest absolute Gasteiger partial charge is 0.368 e. The second kappa shape index (κ2) is 5.69. The van der Waals surface area contributed by atoms with Gasteiger partial charge in [-0.25, -0.2) is 4.98 Å². The molecule has 0 aromatic carbocycles. The van der Waals surface area contributed by atoms with Crippen LogP contribution in [-0.2, 0) is 6.18 Å². The fourth-order valence-electron chi connectivity index (χ4n) is 1.16. The molecule has 0 aliphatic rings. The molecule has 7 heteroatoms. The molecule has 1 aromatic rings. The Kier molecular flexibility index (Phi) is 4.94. The summed E-state index contributed by atoms with van der Waals surface area (Å²) in [6.45, 7) is 4.32. The van der Waals surface area contributed by atoms with Crippen LogP contribution < -0.4 is 5.32 Å². The number of aromatic nitrogens is 1. The van der Waals surface area contributed by atoms with E-state index in [0.29, 0.717) is 11.0 Å². The highest BCUT2D eigenvalue weighted by molar-refractivity contribution is 9.10. The summed E-state index contributed by atoms with van der Waals surface area (Å²) in [7, 11) is 0. The number of nitrogens with one attached hydrogen (secondary N) is 1. The quantitative estimate of drug-likeness (QED) is 0.876. The van der Waals surface area contributed by atoms with Gasteiger partial charge in [-0.15, -0.1) is 0 Å². The molecule has 1 heterocycles. The molecule has 102 valence electrons. The zero-order valence-electron chi connectivity index (χ0n) is 10.2. The van der Waals surface area contributed by atoms with Gasteiger partial charge in [0.2, 0.25) is 0 Å². The molecular weight excluding hydrogens is 329 g/mol. The third kappa shape index (κ3) is 4.35. The third-order valence-corrected chi connectivity index (χ3v) is 4.08. The van der Waals surface area contributed by atoms with Crippen LogP contribution in [-0.4, -0.2) is 22.5 Å². The predicted octanol–water partition coefficient (Wildman–Crippen LogP) is 4.42. The van der Waals surface area contributed by atoms with Crippen molar-refractivity contribution >= 4 is 33.5 Å². The van der Waals surface area contributed by atoms with Crippen LogP contribution in [0.3, 0.4) is 0 Å². The van der Waals surface area contributed by atoms with E-state index >= 15 is 0 Å². The van der Waals surface area contributed by atoms with Gasteiger partial charge in [-0.1, -0.05) is 0 Å². The molecule has 0 bridgehead atoms. The number of hydrogen-bond acceptors (Lipinski definition) is 3. The van der Waals surface area contributed by atoms with E-state index in [4.69, 9.17) is 0 Å². The highest BCUT2D eigenvalue weighted by Gasteiger charge is 2.35. The summed E-state index contributed by atoms with van der Waals surface area (Å²) in [5.74, 6) is -0.132. The molecule has 1 N–H and O–H groups in total. The molecule has 18 heavy (non-hydrogen) atoms. The Balaban J connectivity index is 2.96. The fourth-order valence-corrected chi connectivity index (χ4v) is 1.71. The summed E-state index contributed by atoms with van der Waals surface area (Å²) in [6, 6.07) is 1.03. The van der Waals surface area contributed by atoms with Gasteiger partial charge in [0.1, 0.15) is 5.82 Å². The predicted molar refractivity (Wildman–Crippen MR) is 73.0 cm³/mol.